The van der Waals surface area contributed by atoms with Gasteiger partial charge in [0.25, 0.3) is 11.8 Å². The average Bonchev–Trinajstić information content (AvgIpc) is 2.98. The number of carbonyl (C=O) groups is 3. The summed E-state index contributed by atoms with van der Waals surface area (Å²) < 4.78 is 0. The van der Waals surface area contributed by atoms with Crippen molar-refractivity contribution in [3.05, 3.63) is 71.3 Å². The number of hydrogen-bond donors (Lipinski definition) is 0. The normalized spacial score (nSPS) is 18.8. The van der Waals surface area contributed by atoms with E-state index in [0.29, 0.717) is 24.2 Å². The third kappa shape index (κ3) is 3.09. The van der Waals surface area contributed by atoms with Crippen LogP contribution in [0.2, 0.25) is 0 Å². The monoisotopic (exact) mass is 374 g/mol. The van der Waals surface area contributed by atoms with E-state index in [2.05, 4.69) is 0 Å². The first-order valence-electron chi connectivity index (χ1n) is 9.04. The van der Waals surface area contributed by atoms with Crippen LogP contribution in [0.5, 0.6) is 0 Å². The minimum Gasteiger partial charge on any atom is -0.334 e. The Morgan fingerprint density at radius 3 is 2.43 bits per heavy atom. The second-order valence-electron chi connectivity index (χ2n) is 6.84. The van der Waals surface area contributed by atoms with Gasteiger partial charge in [-0.25, -0.2) is 4.79 Å². The molecule has 2 aliphatic rings. The van der Waals surface area contributed by atoms with Gasteiger partial charge in [0.2, 0.25) is 0 Å². The number of urea groups is 1. The summed E-state index contributed by atoms with van der Waals surface area (Å²) in [6, 6.07) is 16.8. The number of hydrogen-bond acceptors (Lipinski definition) is 4. The first-order valence-corrected chi connectivity index (χ1v) is 9.04. The Morgan fingerprint density at radius 1 is 1.04 bits per heavy atom. The van der Waals surface area contributed by atoms with Gasteiger partial charge in [0.15, 0.2) is 0 Å². The molecule has 0 saturated carbocycles. The highest BCUT2D eigenvalue weighted by molar-refractivity contribution is 6.05. The molecule has 2 aromatic carbocycles. The number of rotatable bonds is 3. The molecule has 140 valence electrons. The largest absolute Gasteiger partial charge is 0.334 e. The number of piperazine rings is 1. The highest BCUT2D eigenvalue weighted by atomic mass is 16.2. The lowest BCUT2D eigenvalue weighted by Crippen LogP contribution is -2.54. The third-order valence-corrected chi connectivity index (χ3v) is 5.14. The maximum absolute atomic E-state index is 12.8. The van der Waals surface area contributed by atoms with Crippen LogP contribution in [0, 0.1) is 11.3 Å². The van der Waals surface area contributed by atoms with Gasteiger partial charge in [-0.05, 0) is 29.8 Å². The molecule has 4 rings (SSSR count). The Balaban J connectivity index is 1.48. The number of benzene rings is 2. The Kier molecular flexibility index (Phi) is 4.53. The van der Waals surface area contributed by atoms with E-state index in [-0.39, 0.29) is 30.9 Å². The lowest BCUT2D eigenvalue weighted by molar-refractivity contribution is -0.129. The van der Waals surface area contributed by atoms with Crippen molar-refractivity contribution in [2.75, 3.05) is 19.6 Å². The quantitative estimate of drug-likeness (QED) is 0.768. The van der Waals surface area contributed by atoms with E-state index in [1.807, 2.05) is 36.4 Å². The van der Waals surface area contributed by atoms with E-state index >= 15 is 0 Å². The highest BCUT2D eigenvalue weighted by Crippen LogP contribution is 2.24. The molecule has 2 aliphatic heterocycles. The van der Waals surface area contributed by atoms with Crippen LogP contribution in [0.15, 0.2) is 54.6 Å². The number of amides is 4. The van der Waals surface area contributed by atoms with Crippen molar-refractivity contribution in [2.24, 2.45) is 0 Å². The number of nitrogens with zero attached hydrogens (tertiary/aromatic N) is 4. The van der Waals surface area contributed by atoms with Gasteiger partial charge in [-0.3, -0.25) is 14.5 Å². The van der Waals surface area contributed by atoms with E-state index in [1.165, 1.54) is 4.90 Å². The van der Waals surface area contributed by atoms with Crippen molar-refractivity contribution in [3.63, 3.8) is 0 Å². The molecule has 0 bridgehead atoms. The van der Waals surface area contributed by atoms with Gasteiger partial charge in [-0.2, -0.15) is 5.26 Å². The fourth-order valence-electron chi connectivity index (χ4n) is 3.62. The molecule has 2 fully saturated rings. The van der Waals surface area contributed by atoms with Crippen molar-refractivity contribution < 1.29 is 14.4 Å². The summed E-state index contributed by atoms with van der Waals surface area (Å²) in [5.74, 6) is -0.475. The van der Waals surface area contributed by atoms with Gasteiger partial charge in [-0.15, -0.1) is 0 Å². The number of carbonyl (C=O) groups excluding carboxylic acids is 3. The van der Waals surface area contributed by atoms with E-state index in [0.717, 1.165) is 5.56 Å². The molecule has 2 heterocycles. The van der Waals surface area contributed by atoms with Crippen molar-refractivity contribution in [2.45, 2.75) is 12.6 Å². The maximum Gasteiger partial charge on any atom is 0.327 e. The standard InChI is InChI=1S/C21H18N4O3/c22-12-15-6-8-17(9-7-15)19(26)23-10-11-24-18(14-23)20(27)25(21(24)28)13-16-4-2-1-3-5-16/h1-9,18H,10-11,13-14H2. The molecule has 0 aromatic heterocycles. The smallest absolute Gasteiger partial charge is 0.327 e. The molecule has 2 saturated heterocycles. The van der Waals surface area contributed by atoms with Crippen molar-refractivity contribution in [3.8, 4) is 6.07 Å². The topological polar surface area (TPSA) is 84.7 Å². The molecule has 0 aliphatic carbocycles. The fourth-order valence-corrected chi connectivity index (χ4v) is 3.62. The average molecular weight is 374 g/mol. The van der Waals surface area contributed by atoms with Crippen LogP contribution in [0.3, 0.4) is 0 Å². The Labute approximate surface area is 162 Å². The molecule has 0 spiro atoms. The predicted molar refractivity (Wildman–Crippen MR) is 99.9 cm³/mol. The predicted octanol–water partition coefficient (Wildman–Crippen LogP) is 1.85. The summed E-state index contributed by atoms with van der Waals surface area (Å²) in [5.41, 5.74) is 1.83. The summed E-state index contributed by atoms with van der Waals surface area (Å²) in [5, 5.41) is 8.88. The molecule has 7 nitrogen and oxygen atoms in total. The minimum absolute atomic E-state index is 0.175. The molecule has 7 heteroatoms. The van der Waals surface area contributed by atoms with E-state index in [1.54, 1.807) is 34.1 Å². The van der Waals surface area contributed by atoms with Gasteiger partial charge < -0.3 is 9.80 Å². The molecule has 0 N–H and O–H groups in total. The second kappa shape index (κ2) is 7.16. The molecule has 28 heavy (non-hydrogen) atoms. The van der Waals surface area contributed by atoms with Crippen molar-refractivity contribution >= 4 is 17.8 Å². The summed E-state index contributed by atoms with van der Waals surface area (Å²) in [7, 11) is 0. The summed E-state index contributed by atoms with van der Waals surface area (Å²) in [6.07, 6.45) is 0. The van der Waals surface area contributed by atoms with Gasteiger partial charge >= 0.3 is 6.03 Å². The van der Waals surface area contributed by atoms with E-state index < -0.39 is 6.04 Å². The zero-order valence-electron chi connectivity index (χ0n) is 15.1. The van der Waals surface area contributed by atoms with Crippen LogP contribution < -0.4 is 0 Å². The first kappa shape index (κ1) is 17.7. The lowest BCUT2D eigenvalue weighted by atomic mass is 10.1. The molecule has 2 aromatic rings. The molecule has 1 unspecified atom stereocenters. The second-order valence-corrected chi connectivity index (χ2v) is 6.84. The first-order chi connectivity index (χ1) is 13.6. The van der Waals surface area contributed by atoms with Crippen molar-refractivity contribution in [1.82, 2.24) is 14.7 Å². The van der Waals surface area contributed by atoms with Crippen LogP contribution in [0.25, 0.3) is 0 Å². The number of imide groups is 1. The number of nitriles is 1. The SMILES string of the molecule is N#Cc1ccc(C(=O)N2CCN3C(=O)N(Cc4ccccc4)C(=O)C3C2)cc1. The summed E-state index contributed by atoms with van der Waals surface area (Å²) in [4.78, 5) is 42.7. The molecule has 1 atom stereocenters. The maximum atomic E-state index is 12.8. The van der Waals surface area contributed by atoms with Crippen LogP contribution in [-0.2, 0) is 11.3 Å². The zero-order valence-corrected chi connectivity index (χ0v) is 15.1. The Hall–Kier alpha value is -3.66. The lowest BCUT2D eigenvalue weighted by Gasteiger charge is -2.35. The van der Waals surface area contributed by atoms with Crippen molar-refractivity contribution in [1.29, 1.82) is 5.26 Å². The van der Waals surface area contributed by atoms with Crippen LogP contribution in [0.4, 0.5) is 4.79 Å². The van der Waals surface area contributed by atoms with E-state index in [9.17, 15) is 14.4 Å². The van der Waals surface area contributed by atoms with Gasteiger partial charge in [0.05, 0.1) is 24.7 Å². The molecular formula is C21H18N4O3. The van der Waals surface area contributed by atoms with E-state index in [4.69, 9.17) is 5.26 Å². The summed E-state index contributed by atoms with van der Waals surface area (Å²) >= 11 is 0. The molecule has 0 radical (unpaired) electrons. The summed E-state index contributed by atoms with van der Waals surface area (Å²) in [6.45, 7) is 1.10. The molecule has 4 amide bonds. The van der Waals surface area contributed by atoms with Crippen LogP contribution in [-0.4, -0.2) is 58.2 Å². The minimum atomic E-state index is -0.646. The van der Waals surface area contributed by atoms with Crippen LogP contribution in [0.1, 0.15) is 21.5 Å². The zero-order chi connectivity index (χ0) is 19.7. The Bertz CT molecular complexity index is 965. The van der Waals surface area contributed by atoms with Gasteiger partial charge in [-0.1, -0.05) is 30.3 Å². The fraction of sp³-hybridized carbons (Fsp3) is 0.238. The highest BCUT2D eigenvalue weighted by Gasteiger charge is 2.48. The Morgan fingerprint density at radius 2 is 1.75 bits per heavy atom. The number of fused-ring (bicyclic) bond motifs is 1. The van der Waals surface area contributed by atoms with Gasteiger partial charge in [0.1, 0.15) is 6.04 Å². The molecular weight excluding hydrogens is 356 g/mol. The van der Waals surface area contributed by atoms with Gasteiger partial charge in [0, 0.05) is 18.7 Å². The van der Waals surface area contributed by atoms with Crippen LogP contribution >= 0.6 is 0 Å². The third-order valence-electron chi connectivity index (χ3n) is 5.14.